The second-order valence-corrected chi connectivity index (χ2v) is 3.19. The fourth-order valence-electron chi connectivity index (χ4n) is 0.204. The van der Waals surface area contributed by atoms with Crippen molar-refractivity contribution in [3.8, 4) is 0 Å². The number of amides is 1. The Bertz CT molecular complexity index is 79.0. The van der Waals surface area contributed by atoms with Crippen LogP contribution < -0.4 is 5.73 Å². The standard InChI is InChI=1S/C4H10OS.CH3NO/c1-3-6(5)4-2;2-1-3/h3-4H2,1-2H3;1H,(H2,2,3). The van der Waals surface area contributed by atoms with Gasteiger partial charge in [-0.15, -0.1) is 0 Å². The first kappa shape index (κ1) is 11.4. The zero-order chi connectivity index (χ0) is 7.70. The van der Waals surface area contributed by atoms with Crippen LogP contribution in [0.5, 0.6) is 0 Å². The molecule has 0 aromatic heterocycles. The van der Waals surface area contributed by atoms with E-state index in [4.69, 9.17) is 4.79 Å². The van der Waals surface area contributed by atoms with E-state index in [1.807, 2.05) is 13.8 Å². The number of carbonyl (C=O) groups is 1. The van der Waals surface area contributed by atoms with Gasteiger partial charge in [-0.3, -0.25) is 9.00 Å². The van der Waals surface area contributed by atoms with Crippen LogP contribution in [0.15, 0.2) is 0 Å². The summed E-state index contributed by atoms with van der Waals surface area (Å²) >= 11 is 0. The summed E-state index contributed by atoms with van der Waals surface area (Å²) in [5.41, 5.74) is 4.17. The molecule has 4 heteroatoms. The smallest absolute Gasteiger partial charge is 0.204 e. The average Bonchev–Trinajstić information content (AvgIpc) is 1.88. The highest BCUT2D eigenvalue weighted by molar-refractivity contribution is 7.84. The zero-order valence-corrected chi connectivity index (χ0v) is 6.61. The zero-order valence-electron chi connectivity index (χ0n) is 5.79. The minimum absolute atomic E-state index is 0.250. The molecule has 0 aliphatic rings. The molecular formula is C5H13NO2S. The van der Waals surface area contributed by atoms with Crippen molar-refractivity contribution >= 4 is 17.2 Å². The maximum atomic E-state index is 10.3. The maximum Gasteiger partial charge on any atom is 0.204 e. The van der Waals surface area contributed by atoms with Gasteiger partial charge in [0.05, 0.1) is 0 Å². The molecule has 0 aliphatic carbocycles. The van der Waals surface area contributed by atoms with Crippen molar-refractivity contribution in [3.05, 3.63) is 0 Å². The first-order chi connectivity index (χ1) is 4.22. The Morgan fingerprint density at radius 2 is 1.67 bits per heavy atom. The summed E-state index contributed by atoms with van der Waals surface area (Å²) in [6.07, 6.45) is 0.250. The highest BCUT2D eigenvalue weighted by atomic mass is 32.2. The van der Waals surface area contributed by atoms with E-state index in [0.29, 0.717) is 0 Å². The minimum Gasteiger partial charge on any atom is -0.372 e. The van der Waals surface area contributed by atoms with Gasteiger partial charge in [-0.05, 0) is 0 Å². The first-order valence-electron chi connectivity index (χ1n) is 2.73. The lowest BCUT2D eigenvalue weighted by molar-refractivity contribution is -0.106. The Morgan fingerprint density at radius 3 is 1.67 bits per heavy atom. The summed E-state index contributed by atoms with van der Waals surface area (Å²) in [5, 5.41) is 0. The molecule has 9 heavy (non-hydrogen) atoms. The fourth-order valence-corrected chi connectivity index (χ4v) is 0.612. The van der Waals surface area contributed by atoms with Gasteiger partial charge < -0.3 is 5.73 Å². The van der Waals surface area contributed by atoms with Crippen LogP contribution in [-0.4, -0.2) is 22.1 Å². The van der Waals surface area contributed by atoms with Gasteiger partial charge in [0.1, 0.15) is 0 Å². The van der Waals surface area contributed by atoms with Gasteiger partial charge in [-0.25, -0.2) is 0 Å². The second kappa shape index (κ2) is 10.6. The van der Waals surface area contributed by atoms with E-state index in [9.17, 15) is 4.21 Å². The van der Waals surface area contributed by atoms with Crippen LogP contribution in [0.4, 0.5) is 0 Å². The molecule has 0 heterocycles. The van der Waals surface area contributed by atoms with Crippen LogP contribution in [0.25, 0.3) is 0 Å². The van der Waals surface area contributed by atoms with E-state index in [-0.39, 0.29) is 6.41 Å². The van der Waals surface area contributed by atoms with Gasteiger partial charge in [0.25, 0.3) is 0 Å². The molecule has 0 rings (SSSR count). The molecule has 0 aliphatic heterocycles. The SMILES string of the molecule is CCS(=O)CC.NC=O. The summed E-state index contributed by atoms with van der Waals surface area (Å²) in [4.78, 5) is 8.58. The van der Waals surface area contributed by atoms with Crippen LogP contribution in [0.2, 0.25) is 0 Å². The monoisotopic (exact) mass is 151 g/mol. The van der Waals surface area contributed by atoms with Crippen molar-refractivity contribution in [1.29, 1.82) is 0 Å². The Morgan fingerprint density at radius 1 is 1.44 bits per heavy atom. The van der Waals surface area contributed by atoms with Gasteiger partial charge in [0.2, 0.25) is 6.41 Å². The molecule has 2 N–H and O–H groups in total. The van der Waals surface area contributed by atoms with E-state index >= 15 is 0 Å². The first-order valence-corrected chi connectivity index (χ1v) is 4.22. The third-order valence-electron chi connectivity index (χ3n) is 0.644. The second-order valence-electron chi connectivity index (χ2n) is 1.15. The molecule has 0 unspecified atom stereocenters. The van der Waals surface area contributed by atoms with E-state index < -0.39 is 10.8 Å². The average molecular weight is 151 g/mol. The normalized spacial score (nSPS) is 7.89. The summed E-state index contributed by atoms with van der Waals surface area (Å²) in [6.45, 7) is 3.86. The number of hydrogen-bond acceptors (Lipinski definition) is 2. The third-order valence-corrected chi connectivity index (χ3v) is 1.93. The molecule has 1 amide bonds. The molecule has 0 aromatic rings. The molecule has 3 nitrogen and oxygen atoms in total. The molecular weight excluding hydrogens is 138 g/mol. The maximum absolute atomic E-state index is 10.3. The van der Waals surface area contributed by atoms with Crippen molar-refractivity contribution in [2.24, 2.45) is 5.73 Å². The van der Waals surface area contributed by atoms with E-state index in [1.165, 1.54) is 0 Å². The van der Waals surface area contributed by atoms with Gasteiger partial charge in [-0.2, -0.15) is 0 Å². The third kappa shape index (κ3) is 18.4. The van der Waals surface area contributed by atoms with E-state index in [1.54, 1.807) is 0 Å². The number of hydrogen-bond donors (Lipinski definition) is 1. The molecule has 0 saturated heterocycles. The Kier molecular flexibility index (Phi) is 13.4. The summed E-state index contributed by atoms with van der Waals surface area (Å²) in [6, 6.07) is 0. The van der Waals surface area contributed by atoms with Crippen molar-refractivity contribution in [3.63, 3.8) is 0 Å². The highest BCUT2D eigenvalue weighted by Gasteiger charge is 1.83. The van der Waals surface area contributed by atoms with Crippen LogP contribution in [-0.2, 0) is 15.6 Å². The number of carbonyl (C=O) groups excluding carboxylic acids is 1. The molecule has 0 fully saturated rings. The van der Waals surface area contributed by atoms with Gasteiger partial charge in [-0.1, -0.05) is 13.8 Å². The Hall–Kier alpha value is -0.380. The van der Waals surface area contributed by atoms with Crippen LogP contribution in [0, 0.1) is 0 Å². The molecule has 56 valence electrons. The van der Waals surface area contributed by atoms with Crippen molar-refractivity contribution in [2.45, 2.75) is 13.8 Å². The van der Waals surface area contributed by atoms with E-state index in [2.05, 4.69) is 5.73 Å². The molecule has 0 radical (unpaired) electrons. The molecule has 0 spiro atoms. The fraction of sp³-hybridized carbons (Fsp3) is 0.800. The topological polar surface area (TPSA) is 60.2 Å². The van der Waals surface area contributed by atoms with Crippen LogP contribution >= 0.6 is 0 Å². The minimum atomic E-state index is -0.534. The lowest BCUT2D eigenvalue weighted by atomic mass is 11.0. The molecule has 0 aromatic carbocycles. The van der Waals surface area contributed by atoms with Gasteiger partial charge in [0.15, 0.2) is 0 Å². The van der Waals surface area contributed by atoms with Crippen LogP contribution in [0.3, 0.4) is 0 Å². The summed E-state index contributed by atoms with van der Waals surface area (Å²) < 4.78 is 10.3. The van der Waals surface area contributed by atoms with Crippen molar-refractivity contribution < 1.29 is 9.00 Å². The molecule has 0 saturated carbocycles. The van der Waals surface area contributed by atoms with E-state index in [0.717, 1.165) is 11.5 Å². The lowest BCUT2D eigenvalue weighted by Gasteiger charge is -1.84. The van der Waals surface area contributed by atoms with Gasteiger partial charge in [0, 0.05) is 22.3 Å². The summed E-state index contributed by atoms with van der Waals surface area (Å²) in [5.74, 6) is 1.60. The molecule has 0 bridgehead atoms. The van der Waals surface area contributed by atoms with Gasteiger partial charge >= 0.3 is 0 Å². The Labute approximate surface area is 58.1 Å². The van der Waals surface area contributed by atoms with Crippen molar-refractivity contribution in [1.82, 2.24) is 0 Å². The van der Waals surface area contributed by atoms with Crippen LogP contribution in [0.1, 0.15) is 13.8 Å². The Balaban J connectivity index is 0. The molecule has 0 atom stereocenters. The largest absolute Gasteiger partial charge is 0.372 e. The summed E-state index contributed by atoms with van der Waals surface area (Å²) in [7, 11) is -0.534. The number of primary amides is 1. The number of rotatable bonds is 2. The predicted molar refractivity (Wildman–Crippen MR) is 39.5 cm³/mol. The lowest BCUT2D eigenvalue weighted by Crippen LogP contribution is -1.93. The predicted octanol–water partition coefficient (Wildman–Crippen LogP) is -0.124. The van der Waals surface area contributed by atoms with Crippen molar-refractivity contribution in [2.75, 3.05) is 11.5 Å². The highest BCUT2D eigenvalue weighted by Crippen LogP contribution is 1.75. The number of nitrogens with two attached hydrogens (primary N) is 1. The quantitative estimate of drug-likeness (QED) is 0.559.